The summed E-state index contributed by atoms with van der Waals surface area (Å²) in [5.41, 5.74) is 9.94. The lowest BCUT2D eigenvalue weighted by Crippen LogP contribution is -2.75. The fourth-order valence-electron chi connectivity index (χ4n) is 7.59. The average molecular weight is 557 g/mol. The molecule has 0 atom stereocenters. The Kier molecular flexibility index (Phi) is 4.77. The van der Waals surface area contributed by atoms with Gasteiger partial charge in [-0.25, -0.2) is 0 Å². The van der Waals surface area contributed by atoms with Gasteiger partial charge in [0.05, 0.1) is 11.4 Å². The van der Waals surface area contributed by atoms with Crippen LogP contribution in [0.4, 0.5) is 22.7 Å². The number of hydrogen-bond acceptors (Lipinski definition) is 3. The van der Waals surface area contributed by atoms with Crippen LogP contribution in [0.15, 0.2) is 133 Å². The largest absolute Gasteiger partial charge is 0.453 e. The molecule has 42 heavy (non-hydrogen) atoms. The number of rotatable bonds is 1. The third-order valence-corrected chi connectivity index (χ3v) is 14.4. The number of para-hydroxylation sites is 4. The standard InChI is InChI=1S/C38H28N2OSi/c1-39-29-12-4-7-15-33(29)41-34-22-20-25(23-32(34)39)26-19-21-28-27-11-3-8-16-35(27)42(38(28)24-26)36-17-9-5-13-30(36)40(2)31-14-6-10-18-37(31)42/h3-24H,1-2H3. The number of fused-ring (bicyclic) bond motifs is 11. The first-order valence-corrected chi connectivity index (χ1v) is 16.5. The first-order valence-electron chi connectivity index (χ1n) is 14.5. The molecule has 3 aliphatic rings. The summed E-state index contributed by atoms with van der Waals surface area (Å²) in [5.74, 6) is 1.78. The summed E-state index contributed by atoms with van der Waals surface area (Å²) in [4.78, 5) is 4.62. The molecule has 0 aliphatic carbocycles. The van der Waals surface area contributed by atoms with Crippen molar-refractivity contribution in [2.75, 3.05) is 23.9 Å². The van der Waals surface area contributed by atoms with Gasteiger partial charge < -0.3 is 14.5 Å². The second-order valence-corrected chi connectivity index (χ2v) is 15.1. The fraction of sp³-hybridized carbons (Fsp3) is 0.0526. The molecular formula is C38H28N2OSi. The van der Waals surface area contributed by atoms with Gasteiger partial charge in [0.1, 0.15) is 0 Å². The highest BCUT2D eigenvalue weighted by atomic mass is 28.3. The Bertz CT molecular complexity index is 2040. The molecule has 0 radical (unpaired) electrons. The predicted molar refractivity (Wildman–Crippen MR) is 177 cm³/mol. The fourth-order valence-corrected chi connectivity index (χ4v) is 13.3. The third-order valence-electron chi connectivity index (χ3n) is 9.48. The van der Waals surface area contributed by atoms with E-state index in [1.165, 1.54) is 54.4 Å². The van der Waals surface area contributed by atoms with Crippen molar-refractivity contribution >= 4 is 51.6 Å². The quantitative estimate of drug-likeness (QED) is 0.210. The van der Waals surface area contributed by atoms with Gasteiger partial charge in [0.2, 0.25) is 0 Å². The molecule has 0 aromatic heterocycles. The first kappa shape index (κ1) is 23.6. The van der Waals surface area contributed by atoms with Crippen LogP contribution in [0.5, 0.6) is 11.5 Å². The molecule has 0 unspecified atom stereocenters. The Morgan fingerprint density at radius 1 is 0.429 bits per heavy atom. The van der Waals surface area contributed by atoms with Gasteiger partial charge in [-0.2, -0.15) is 0 Å². The summed E-state index contributed by atoms with van der Waals surface area (Å²) < 4.78 is 6.29. The van der Waals surface area contributed by atoms with Crippen LogP contribution in [0.3, 0.4) is 0 Å². The third kappa shape index (κ3) is 2.94. The lowest BCUT2D eigenvalue weighted by molar-refractivity contribution is 0.475. The van der Waals surface area contributed by atoms with Gasteiger partial charge in [-0.15, -0.1) is 0 Å². The van der Waals surface area contributed by atoms with Crippen LogP contribution < -0.4 is 35.3 Å². The molecule has 0 saturated carbocycles. The minimum Gasteiger partial charge on any atom is -0.453 e. The van der Waals surface area contributed by atoms with Gasteiger partial charge in [-0.3, -0.25) is 0 Å². The highest BCUT2D eigenvalue weighted by Crippen LogP contribution is 2.47. The van der Waals surface area contributed by atoms with Crippen LogP contribution in [0.2, 0.25) is 0 Å². The van der Waals surface area contributed by atoms with Gasteiger partial charge >= 0.3 is 0 Å². The molecule has 3 aliphatic heterocycles. The van der Waals surface area contributed by atoms with Gasteiger partial charge in [0.15, 0.2) is 19.6 Å². The minimum atomic E-state index is -2.57. The second-order valence-electron chi connectivity index (χ2n) is 11.5. The van der Waals surface area contributed by atoms with Crippen LogP contribution in [-0.4, -0.2) is 22.2 Å². The molecule has 200 valence electrons. The first-order chi connectivity index (χ1) is 20.7. The number of nitrogens with zero attached hydrogens (tertiary/aromatic N) is 2. The van der Waals surface area contributed by atoms with Gasteiger partial charge in [0, 0.05) is 25.5 Å². The lowest BCUT2D eigenvalue weighted by Gasteiger charge is -2.42. The van der Waals surface area contributed by atoms with E-state index in [-0.39, 0.29) is 0 Å². The lowest BCUT2D eigenvalue weighted by atomic mass is 9.99. The van der Waals surface area contributed by atoms with Crippen LogP contribution >= 0.6 is 0 Å². The van der Waals surface area contributed by atoms with E-state index >= 15 is 0 Å². The molecule has 0 amide bonds. The van der Waals surface area contributed by atoms with Crippen molar-refractivity contribution in [1.29, 1.82) is 0 Å². The maximum Gasteiger partial charge on any atom is 0.185 e. The molecule has 1 spiro atoms. The Morgan fingerprint density at radius 2 is 0.952 bits per heavy atom. The predicted octanol–water partition coefficient (Wildman–Crippen LogP) is 6.67. The molecule has 0 fully saturated rings. The highest BCUT2D eigenvalue weighted by Gasteiger charge is 2.53. The number of hydrogen-bond donors (Lipinski definition) is 0. The maximum atomic E-state index is 6.29. The van der Waals surface area contributed by atoms with Crippen molar-refractivity contribution in [2.45, 2.75) is 0 Å². The SMILES string of the molecule is CN1c2ccccc2Oc2ccc(-c3ccc4c(c3)[Si]3(c5ccccc5-4)c4ccccc4N(C)c4ccccc43)cc21. The van der Waals surface area contributed by atoms with E-state index in [4.69, 9.17) is 4.74 Å². The van der Waals surface area contributed by atoms with Gasteiger partial charge in [-0.1, -0.05) is 97.1 Å². The van der Waals surface area contributed by atoms with E-state index in [2.05, 4.69) is 145 Å². The molecule has 4 heteroatoms. The van der Waals surface area contributed by atoms with E-state index in [1.54, 1.807) is 0 Å². The van der Waals surface area contributed by atoms with E-state index in [0.717, 1.165) is 22.9 Å². The van der Waals surface area contributed by atoms with E-state index in [1.807, 2.05) is 12.1 Å². The van der Waals surface area contributed by atoms with Crippen molar-refractivity contribution in [3.63, 3.8) is 0 Å². The van der Waals surface area contributed by atoms with Crippen molar-refractivity contribution < 1.29 is 4.74 Å². The van der Waals surface area contributed by atoms with Crippen LogP contribution in [0, 0.1) is 0 Å². The molecule has 9 rings (SSSR count). The number of ether oxygens (including phenoxy) is 1. The molecule has 3 nitrogen and oxygen atoms in total. The zero-order valence-electron chi connectivity index (χ0n) is 23.5. The van der Waals surface area contributed by atoms with Gasteiger partial charge in [0.25, 0.3) is 0 Å². The Hall–Kier alpha value is -5.06. The summed E-state index contributed by atoms with van der Waals surface area (Å²) >= 11 is 0. The Morgan fingerprint density at radius 3 is 1.71 bits per heavy atom. The maximum absolute atomic E-state index is 6.29. The zero-order chi connectivity index (χ0) is 28.0. The average Bonchev–Trinajstić information content (AvgIpc) is 3.34. The monoisotopic (exact) mass is 556 g/mol. The molecular weight excluding hydrogens is 529 g/mol. The van der Waals surface area contributed by atoms with Crippen LogP contribution in [0.25, 0.3) is 22.3 Å². The van der Waals surface area contributed by atoms with Crippen molar-refractivity contribution in [3.8, 4) is 33.8 Å². The van der Waals surface area contributed by atoms with E-state index in [0.29, 0.717) is 0 Å². The van der Waals surface area contributed by atoms with Crippen LogP contribution in [0.1, 0.15) is 0 Å². The highest BCUT2D eigenvalue weighted by molar-refractivity contribution is 7.23. The summed E-state index contributed by atoms with van der Waals surface area (Å²) in [7, 11) is 1.76. The molecule has 3 heterocycles. The molecule has 6 aromatic rings. The molecule has 6 aromatic carbocycles. The molecule has 0 saturated heterocycles. The topological polar surface area (TPSA) is 15.7 Å². The van der Waals surface area contributed by atoms with Crippen LogP contribution in [-0.2, 0) is 0 Å². The van der Waals surface area contributed by atoms with Crippen molar-refractivity contribution in [1.82, 2.24) is 0 Å². The van der Waals surface area contributed by atoms with E-state index < -0.39 is 8.07 Å². The van der Waals surface area contributed by atoms with Crippen molar-refractivity contribution in [3.05, 3.63) is 133 Å². The molecule has 0 N–H and O–H groups in total. The number of benzene rings is 6. The number of anilines is 4. The Balaban J connectivity index is 1.30. The Labute approximate surface area is 246 Å². The summed E-state index contributed by atoms with van der Waals surface area (Å²) in [5, 5.41) is 5.89. The zero-order valence-corrected chi connectivity index (χ0v) is 24.5. The normalized spacial score (nSPS) is 14.7. The smallest absolute Gasteiger partial charge is 0.185 e. The minimum absolute atomic E-state index is 0.887. The van der Waals surface area contributed by atoms with Crippen molar-refractivity contribution in [2.24, 2.45) is 0 Å². The summed E-state index contributed by atoms with van der Waals surface area (Å²) in [6.07, 6.45) is 0. The van der Waals surface area contributed by atoms with E-state index in [9.17, 15) is 0 Å². The molecule has 0 bridgehead atoms. The summed E-state index contributed by atoms with van der Waals surface area (Å²) in [6, 6.07) is 49.3. The summed E-state index contributed by atoms with van der Waals surface area (Å²) in [6.45, 7) is 0. The van der Waals surface area contributed by atoms with Gasteiger partial charge in [-0.05, 0) is 79.4 Å². The second kappa shape index (κ2) is 8.48.